The highest BCUT2D eigenvalue weighted by Crippen LogP contribution is 2.31. The Morgan fingerprint density at radius 3 is 2.30 bits per heavy atom. The van der Waals surface area contributed by atoms with E-state index in [1.165, 1.54) is 24.3 Å². The number of benzene rings is 1. The number of nitrogens with zero attached hydrogens (tertiary/aromatic N) is 1. The van der Waals surface area contributed by atoms with Gasteiger partial charge in [0.15, 0.2) is 0 Å². The number of carbonyl (C=O) groups excluding carboxylic acids is 1. The smallest absolute Gasteiger partial charge is 0.321 e. The van der Waals surface area contributed by atoms with E-state index >= 15 is 0 Å². The number of amides is 2. The van der Waals surface area contributed by atoms with Crippen molar-refractivity contribution in [2.75, 3.05) is 18.4 Å². The van der Waals surface area contributed by atoms with Crippen LogP contribution in [-0.2, 0) is 4.79 Å². The Morgan fingerprint density at radius 2 is 1.80 bits per heavy atom. The lowest BCUT2D eigenvalue weighted by Crippen LogP contribution is -2.46. The Labute approximate surface area is 116 Å². The number of anilines is 1. The molecule has 1 saturated heterocycles. The number of carboxylic acid groups (broad SMARTS) is 1. The molecule has 1 aliphatic heterocycles. The molecule has 20 heavy (non-hydrogen) atoms. The molecule has 1 aromatic rings. The number of piperidine rings is 1. The summed E-state index contributed by atoms with van der Waals surface area (Å²) in [6, 6.07) is 5.22. The molecule has 108 valence electrons. The third-order valence-electron chi connectivity index (χ3n) is 3.77. The van der Waals surface area contributed by atoms with Gasteiger partial charge in [0.1, 0.15) is 5.82 Å². The van der Waals surface area contributed by atoms with Gasteiger partial charge in [-0.2, -0.15) is 0 Å². The highest BCUT2D eigenvalue weighted by Gasteiger charge is 2.37. The number of likely N-dealkylation sites (tertiary alicyclic amines) is 1. The molecule has 0 atom stereocenters. The summed E-state index contributed by atoms with van der Waals surface area (Å²) in [7, 11) is 0. The number of hydrogen-bond acceptors (Lipinski definition) is 2. The third kappa shape index (κ3) is 3.07. The van der Waals surface area contributed by atoms with Crippen LogP contribution in [0.3, 0.4) is 0 Å². The fourth-order valence-electron chi connectivity index (χ4n) is 2.15. The van der Waals surface area contributed by atoms with Gasteiger partial charge in [-0.05, 0) is 44.0 Å². The van der Waals surface area contributed by atoms with Crippen LogP contribution >= 0.6 is 0 Å². The Hall–Kier alpha value is -2.11. The van der Waals surface area contributed by atoms with E-state index in [2.05, 4.69) is 5.32 Å². The lowest BCUT2D eigenvalue weighted by molar-refractivity contribution is -0.150. The summed E-state index contributed by atoms with van der Waals surface area (Å²) in [4.78, 5) is 24.7. The first-order chi connectivity index (χ1) is 9.40. The maximum atomic E-state index is 12.8. The van der Waals surface area contributed by atoms with Crippen molar-refractivity contribution in [2.24, 2.45) is 5.41 Å². The van der Waals surface area contributed by atoms with Crippen LogP contribution in [-0.4, -0.2) is 35.1 Å². The minimum absolute atomic E-state index is 0.288. The van der Waals surface area contributed by atoms with Gasteiger partial charge in [-0.25, -0.2) is 9.18 Å². The lowest BCUT2D eigenvalue weighted by atomic mass is 9.80. The summed E-state index contributed by atoms with van der Waals surface area (Å²) in [5.41, 5.74) is -0.241. The first-order valence-corrected chi connectivity index (χ1v) is 6.46. The molecular weight excluding hydrogens is 263 g/mol. The molecule has 6 heteroatoms. The fourth-order valence-corrected chi connectivity index (χ4v) is 2.15. The fraction of sp³-hybridized carbons (Fsp3) is 0.429. The summed E-state index contributed by atoms with van der Waals surface area (Å²) in [6.45, 7) is 2.50. The molecule has 5 nitrogen and oxygen atoms in total. The topological polar surface area (TPSA) is 69.6 Å². The highest BCUT2D eigenvalue weighted by molar-refractivity contribution is 5.89. The molecule has 2 N–H and O–H groups in total. The summed E-state index contributed by atoms with van der Waals surface area (Å²) < 4.78 is 12.8. The minimum atomic E-state index is -0.823. The first kappa shape index (κ1) is 14.3. The van der Waals surface area contributed by atoms with Gasteiger partial charge in [-0.15, -0.1) is 0 Å². The van der Waals surface area contributed by atoms with Crippen molar-refractivity contribution in [3.63, 3.8) is 0 Å². The molecule has 1 aromatic carbocycles. The van der Waals surface area contributed by atoms with E-state index in [1.54, 1.807) is 11.8 Å². The van der Waals surface area contributed by atoms with Crippen molar-refractivity contribution in [1.82, 2.24) is 4.90 Å². The quantitative estimate of drug-likeness (QED) is 0.874. The van der Waals surface area contributed by atoms with Crippen molar-refractivity contribution >= 4 is 17.7 Å². The summed E-state index contributed by atoms with van der Waals surface area (Å²) >= 11 is 0. The number of aliphatic carboxylic acids is 1. The van der Waals surface area contributed by atoms with E-state index in [1.807, 2.05) is 0 Å². The maximum Gasteiger partial charge on any atom is 0.321 e. The highest BCUT2D eigenvalue weighted by atomic mass is 19.1. The van der Waals surface area contributed by atoms with E-state index in [9.17, 15) is 14.0 Å². The van der Waals surface area contributed by atoms with Gasteiger partial charge in [0.2, 0.25) is 0 Å². The lowest BCUT2D eigenvalue weighted by Gasteiger charge is -2.36. The van der Waals surface area contributed by atoms with Gasteiger partial charge in [0.05, 0.1) is 5.41 Å². The van der Waals surface area contributed by atoms with Crippen molar-refractivity contribution in [3.05, 3.63) is 30.1 Å². The molecule has 0 aliphatic carbocycles. The number of urea groups is 1. The van der Waals surface area contributed by atoms with Gasteiger partial charge < -0.3 is 15.3 Å². The van der Waals surface area contributed by atoms with Crippen LogP contribution in [0, 0.1) is 11.2 Å². The molecule has 2 amide bonds. The Bertz CT molecular complexity index is 508. The van der Waals surface area contributed by atoms with Gasteiger partial charge in [0.25, 0.3) is 0 Å². The molecule has 2 rings (SSSR count). The number of hydrogen-bond donors (Lipinski definition) is 2. The van der Waals surface area contributed by atoms with Crippen LogP contribution in [0.25, 0.3) is 0 Å². The van der Waals surface area contributed by atoms with Crippen LogP contribution in [0.4, 0.5) is 14.9 Å². The van der Waals surface area contributed by atoms with Crippen LogP contribution in [0.2, 0.25) is 0 Å². The van der Waals surface area contributed by atoms with E-state index in [0.717, 1.165) is 0 Å². The maximum absolute atomic E-state index is 12.8. The van der Waals surface area contributed by atoms with Gasteiger partial charge in [-0.1, -0.05) is 0 Å². The minimum Gasteiger partial charge on any atom is -0.481 e. The summed E-state index contributed by atoms with van der Waals surface area (Å²) in [5.74, 6) is -1.19. The molecule has 1 fully saturated rings. The SMILES string of the molecule is CC1(C(=O)O)CCN(C(=O)Nc2ccc(F)cc2)CC1. The van der Waals surface area contributed by atoms with Crippen LogP contribution in [0.15, 0.2) is 24.3 Å². The normalized spacial score (nSPS) is 17.6. The van der Waals surface area contributed by atoms with E-state index in [4.69, 9.17) is 5.11 Å². The first-order valence-electron chi connectivity index (χ1n) is 6.46. The number of rotatable bonds is 2. The Kier molecular flexibility index (Phi) is 3.92. The molecule has 1 heterocycles. The number of halogens is 1. The zero-order valence-corrected chi connectivity index (χ0v) is 11.2. The molecule has 0 unspecified atom stereocenters. The number of carboxylic acids is 1. The second-order valence-electron chi connectivity index (χ2n) is 5.29. The average molecular weight is 280 g/mol. The molecule has 0 bridgehead atoms. The Morgan fingerprint density at radius 1 is 1.25 bits per heavy atom. The summed E-state index contributed by atoms with van der Waals surface area (Å²) in [5, 5.41) is 11.8. The molecule has 0 radical (unpaired) electrons. The van der Waals surface area contributed by atoms with E-state index in [-0.39, 0.29) is 11.8 Å². The predicted molar refractivity (Wildman–Crippen MR) is 72.0 cm³/mol. The standard InChI is InChI=1S/C14H17FN2O3/c1-14(12(18)19)6-8-17(9-7-14)13(20)16-11-4-2-10(15)3-5-11/h2-5H,6-9H2,1H3,(H,16,20)(H,18,19). The van der Waals surface area contributed by atoms with Crippen LogP contribution in [0.1, 0.15) is 19.8 Å². The second kappa shape index (κ2) is 5.48. The van der Waals surface area contributed by atoms with Gasteiger partial charge in [0, 0.05) is 18.8 Å². The van der Waals surface area contributed by atoms with Crippen molar-refractivity contribution in [2.45, 2.75) is 19.8 Å². The zero-order chi connectivity index (χ0) is 14.8. The molecule has 0 aromatic heterocycles. The molecule has 0 spiro atoms. The molecule has 1 aliphatic rings. The predicted octanol–water partition coefficient (Wildman–Crippen LogP) is 2.54. The molecular formula is C14H17FN2O3. The monoisotopic (exact) mass is 280 g/mol. The van der Waals surface area contributed by atoms with Crippen LogP contribution < -0.4 is 5.32 Å². The third-order valence-corrected chi connectivity index (χ3v) is 3.77. The van der Waals surface area contributed by atoms with Crippen molar-refractivity contribution in [1.29, 1.82) is 0 Å². The van der Waals surface area contributed by atoms with E-state index < -0.39 is 11.4 Å². The average Bonchev–Trinajstić information content (AvgIpc) is 2.42. The van der Waals surface area contributed by atoms with Crippen LogP contribution in [0.5, 0.6) is 0 Å². The van der Waals surface area contributed by atoms with E-state index in [0.29, 0.717) is 31.6 Å². The largest absolute Gasteiger partial charge is 0.481 e. The summed E-state index contributed by atoms with van der Waals surface area (Å²) in [6.07, 6.45) is 0.859. The number of nitrogens with one attached hydrogen (secondary N) is 1. The van der Waals surface area contributed by atoms with Crippen molar-refractivity contribution in [3.8, 4) is 0 Å². The number of carbonyl (C=O) groups is 2. The van der Waals surface area contributed by atoms with Gasteiger partial charge >= 0.3 is 12.0 Å². The van der Waals surface area contributed by atoms with Crippen molar-refractivity contribution < 1.29 is 19.1 Å². The Balaban J connectivity index is 1.92. The second-order valence-corrected chi connectivity index (χ2v) is 5.29. The van der Waals surface area contributed by atoms with Gasteiger partial charge in [-0.3, -0.25) is 4.79 Å². The zero-order valence-electron chi connectivity index (χ0n) is 11.2. The molecule has 0 saturated carbocycles.